The van der Waals surface area contributed by atoms with Gasteiger partial charge in [0, 0.05) is 15.0 Å². The number of hydrogen-bond donors (Lipinski definition) is 1. The van der Waals surface area contributed by atoms with Gasteiger partial charge in [-0.1, -0.05) is 50.1 Å². The first-order valence-electron chi connectivity index (χ1n) is 6.39. The van der Waals surface area contributed by atoms with Crippen molar-refractivity contribution in [1.82, 2.24) is 5.32 Å². The van der Waals surface area contributed by atoms with Crippen LogP contribution in [0.4, 0.5) is 0 Å². The van der Waals surface area contributed by atoms with E-state index in [1.165, 1.54) is 11.1 Å². The predicted molar refractivity (Wildman–Crippen MR) is 90.3 cm³/mol. The molecule has 4 heteroatoms. The van der Waals surface area contributed by atoms with Crippen molar-refractivity contribution in [3.63, 3.8) is 0 Å². The molecule has 106 valence electrons. The van der Waals surface area contributed by atoms with Crippen LogP contribution in [-0.4, -0.2) is 14.2 Å². The fourth-order valence-electron chi connectivity index (χ4n) is 2.25. The monoisotopic (exact) mass is 397 g/mol. The minimum absolute atomic E-state index is 0.236. The summed E-state index contributed by atoms with van der Waals surface area (Å²) in [5, 5.41) is 3.38. The predicted octanol–water partition coefficient (Wildman–Crippen LogP) is 4.72. The molecule has 0 aliphatic rings. The van der Waals surface area contributed by atoms with E-state index < -0.39 is 0 Å². The third-order valence-electron chi connectivity index (χ3n) is 3.25. The number of para-hydroxylation sites is 1. The molecule has 20 heavy (non-hydrogen) atoms. The maximum atomic E-state index is 5.43. The number of likely N-dealkylation sites (N-methyl/N-ethyl adjacent to an activating group) is 1. The molecule has 0 bridgehead atoms. The minimum atomic E-state index is 0.236. The van der Waals surface area contributed by atoms with Crippen LogP contribution >= 0.6 is 31.9 Å². The van der Waals surface area contributed by atoms with Crippen LogP contribution in [0.25, 0.3) is 0 Å². The molecule has 0 heterocycles. The smallest absolute Gasteiger partial charge is 0.122 e. The molecule has 0 saturated carbocycles. The van der Waals surface area contributed by atoms with E-state index in [-0.39, 0.29) is 6.04 Å². The van der Waals surface area contributed by atoms with Crippen molar-refractivity contribution in [3.8, 4) is 5.75 Å². The third kappa shape index (κ3) is 3.84. The SMILES string of the molecule is CNC(Cc1ccccc1OC)c1cc(Br)cc(Br)c1. The van der Waals surface area contributed by atoms with Gasteiger partial charge < -0.3 is 10.1 Å². The van der Waals surface area contributed by atoms with Crippen LogP contribution in [0.5, 0.6) is 5.75 Å². The van der Waals surface area contributed by atoms with E-state index in [0.717, 1.165) is 21.1 Å². The number of ether oxygens (including phenoxy) is 1. The number of methoxy groups -OCH3 is 1. The second-order valence-electron chi connectivity index (χ2n) is 4.56. The molecule has 2 nitrogen and oxygen atoms in total. The second kappa shape index (κ2) is 7.25. The first-order valence-corrected chi connectivity index (χ1v) is 7.97. The largest absolute Gasteiger partial charge is 0.496 e. The molecule has 0 aliphatic carbocycles. The first kappa shape index (κ1) is 15.5. The van der Waals surface area contributed by atoms with E-state index >= 15 is 0 Å². The summed E-state index contributed by atoms with van der Waals surface area (Å²) in [6.45, 7) is 0. The van der Waals surface area contributed by atoms with Gasteiger partial charge in [0.2, 0.25) is 0 Å². The van der Waals surface area contributed by atoms with Gasteiger partial charge in [-0.2, -0.15) is 0 Å². The molecular formula is C16H17Br2NO. The maximum Gasteiger partial charge on any atom is 0.122 e. The molecule has 0 radical (unpaired) electrons. The van der Waals surface area contributed by atoms with Gasteiger partial charge in [0.05, 0.1) is 7.11 Å². The van der Waals surface area contributed by atoms with E-state index in [9.17, 15) is 0 Å². The Bertz CT molecular complexity index is 566. The molecular weight excluding hydrogens is 382 g/mol. The number of halogens is 2. The number of benzene rings is 2. The molecule has 0 fully saturated rings. The summed E-state index contributed by atoms with van der Waals surface area (Å²) in [5.74, 6) is 0.932. The van der Waals surface area contributed by atoms with Gasteiger partial charge in [-0.25, -0.2) is 0 Å². The lowest BCUT2D eigenvalue weighted by Crippen LogP contribution is -2.19. The molecule has 2 rings (SSSR count). The number of rotatable bonds is 5. The fourth-order valence-corrected chi connectivity index (χ4v) is 3.58. The Labute approximate surface area is 136 Å². The van der Waals surface area contributed by atoms with Crippen molar-refractivity contribution in [2.24, 2.45) is 0 Å². The van der Waals surface area contributed by atoms with Crippen LogP contribution in [0.2, 0.25) is 0 Å². The van der Waals surface area contributed by atoms with E-state index in [1.807, 2.05) is 31.3 Å². The van der Waals surface area contributed by atoms with Gasteiger partial charge >= 0.3 is 0 Å². The number of nitrogens with one attached hydrogen (secondary N) is 1. The average Bonchev–Trinajstić information content (AvgIpc) is 2.44. The van der Waals surface area contributed by atoms with Crippen molar-refractivity contribution in [1.29, 1.82) is 0 Å². The lowest BCUT2D eigenvalue weighted by molar-refractivity contribution is 0.406. The normalized spacial score (nSPS) is 12.2. The summed E-state index contributed by atoms with van der Waals surface area (Å²) < 4.78 is 7.57. The van der Waals surface area contributed by atoms with Gasteiger partial charge in [0.1, 0.15) is 5.75 Å². The molecule has 0 saturated heterocycles. The topological polar surface area (TPSA) is 21.3 Å². The Morgan fingerprint density at radius 2 is 1.75 bits per heavy atom. The number of hydrogen-bond acceptors (Lipinski definition) is 2. The van der Waals surface area contributed by atoms with Gasteiger partial charge in [-0.15, -0.1) is 0 Å². The molecule has 0 aromatic heterocycles. The summed E-state index contributed by atoms with van der Waals surface area (Å²) >= 11 is 7.08. The Hall–Kier alpha value is -0.840. The minimum Gasteiger partial charge on any atom is -0.496 e. The lowest BCUT2D eigenvalue weighted by Gasteiger charge is -2.19. The van der Waals surface area contributed by atoms with Crippen molar-refractivity contribution in [2.75, 3.05) is 14.2 Å². The molecule has 2 aromatic carbocycles. The van der Waals surface area contributed by atoms with E-state index in [2.05, 4.69) is 55.4 Å². The zero-order valence-electron chi connectivity index (χ0n) is 11.5. The van der Waals surface area contributed by atoms with Gasteiger partial charge in [0.15, 0.2) is 0 Å². The van der Waals surface area contributed by atoms with Crippen molar-refractivity contribution in [2.45, 2.75) is 12.5 Å². The standard InChI is InChI=1S/C16H17Br2NO/c1-19-15(12-7-13(17)10-14(18)8-12)9-11-5-3-4-6-16(11)20-2/h3-8,10,15,19H,9H2,1-2H3. The van der Waals surface area contributed by atoms with Crippen LogP contribution in [0, 0.1) is 0 Å². The molecule has 0 aliphatic heterocycles. The van der Waals surface area contributed by atoms with Gasteiger partial charge in [-0.05, 0) is 48.9 Å². The van der Waals surface area contributed by atoms with Gasteiger partial charge in [-0.3, -0.25) is 0 Å². The quantitative estimate of drug-likeness (QED) is 0.786. The first-order chi connectivity index (χ1) is 9.63. The zero-order valence-corrected chi connectivity index (χ0v) is 14.7. The second-order valence-corrected chi connectivity index (χ2v) is 6.39. The Balaban J connectivity index is 2.28. The fraction of sp³-hybridized carbons (Fsp3) is 0.250. The van der Waals surface area contributed by atoms with E-state index in [1.54, 1.807) is 7.11 Å². The maximum absolute atomic E-state index is 5.43. The van der Waals surface area contributed by atoms with Crippen LogP contribution in [0.1, 0.15) is 17.2 Å². The lowest BCUT2D eigenvalue weighted by atomic mass is 9.98. The summed E-state index contributed by atoms with van der Waals surface area (Å²) in [5.41, 5.74) is 2.44. The highest BCUT2D eigenvalue weighted by Gasteiger charge is 2.14. The van der Waals surface area contributed by atoms with Gasteiger partial charge in [0.25, 0.3) is 0 Å². The Kier molecular flexibility index (Phi) is 5.64. The van der Waals surface area contributed by atoms with E-state index in [0.29, 0.717) is 0 Å². The summed E-state index contributed by atoms with van der Waals surface area (Å²) in [7, 11) is 3.69. The van der Waals surface area contributed by atoms with Crippen LogP contribution in [0.15, 0.2) is 51.4 Å². The molecule has 1 unspecified atom stereocenters. The molecule has 0 amide bonds. The summed E-state index contributed by atoms with van der Waals surface area (Å²) in [6, 6.07) is 14.7. The zero-order chi connectivity index (χ0) is 14.5. The van der Waals surface area contributed by atoms with Crippen LogP contribution in [-0.2, 0) is 6.42 Å². The Morgan fingerprint density at radius 1 is 1.10 bits per heavy atom. The average molecular weight is 399 g/mol. The van der Waals surface area contributed by atoms with Crippen molar-refractivity contribution in [3.05, 3.63) is 62.5 Å². The van der Waals surface area contributed by atoms with Crippen LogP contribution < -0.4 is 10.1 Å². The summed E-state index contributed by atoms with van der Waals surface area (Å²) in [4.78, 5) is 0. The summed E-state index contributed by atoms with van der Waals surface area (Å²) in [6.07, 6.45) is 0.878. The van der Waals surface area contributed by atoms with Crippen molar-refractivity contribution < 1.29 is 4.74 Å². The Morgan fingerprint density at radius 3 is 2.35 bits per heavy atom. The van der Waals surface area contributed by atoms with Crippen molar-refractivity contribution >= 4 is 31.9 Å². The highest BCUT2D eigenvalue weighted by Crippen LogP contribution is 2.28. The van der Waals surface area contributed by atoms with Crippen LogP contribution in [0.3, 0.4) is 0 Å². The third-order valence-corrected chi connectivity index (χ3v) is 4.17. The molecule has 2 aromatic rings. The highest BCUT2D eigenvalue weighted by molar-refractivity contribution is 9.11. The molecule has 0 spiro atoms. The molecule has 1 atom stereocenters. The van der Waals surface area contributed by atoms with E-state index in [4.69, 9.17) is 4.74 Å². The highest BCUT2D eigenvalue weighted by atomic mass is 79.9. The molecule has 1 N–H and O–H groups in total.